The van der Waals surface area contributed by atoms with Crippen LogP contribution in [-0.2, 0) is 11.3 Å². The Kier molecular flexibility index (Phi) is 4.19. The molecule has 1 N–H and O–H groups in total. The summed E-state index contributed by atoms with van der Waals surface area (Å²) in [6, 6.07) is 0. The standard InChI is InChI=1S/C18H24N2O2/c1-11-9-19-16(12(2)18(11)22-3)10-20-17(21)8-15(13-4-5-13)14-6-7-14/h8-9,13-14H,4-7,10H2,1-3H3,(H,20,21). The van der Waals surface area contributed by atoms with Crippen LogP contribution in [0.25, 0.3) is 0 Å². The number of hydrogen-bond donors (Lipinski definition) is 1. The number of methoxy groups -OCH3 is 1. The van der Waals surface area contributed by atoms with Crippen LogP contribution in [0.1, 0.15) is 42.5 Å². The highest BCUT2D eigenvalue weighted by molar-refractivity contribution is 5.88. The van der Waals surface area contributed by atoms with E-state index < -0.39 is 0 Å². The van der Waals surface area contributed by atoms with Gasteiger partial charge in [-0.05, 0) is 51.4 Å². The van der Waals surface area contributed by atoms with Crippen molar-refractivity contribution >= 4 is 5.91 Å². The van der Waals surface area contributed by atoms with Crippen molar-refractivity contribution in [2.75, 3.05) is 7.11 Å². The molecular formula is C18H24N2O2. The average Bonchev–Trinajstić information content (AvgIpc) is 3.38. The molecule has 2 fully saturated rings. The van der Waals surface area contributed by atoms with Crippen LogP contribution in [0.5, 0.6) is 5.75 Å². The van der Waals surface area contributed by atoms with Gasteiger partial charge in [0, 0.05) is 23.4 Å². The minimum atomic E-state index is 0.00884. The summed E-state index contributed by atoms with van der Waals surface area (Å²) in [7, 11) is 1.66. The first kappa shape index (κ1) is 15.1. The van der Waals surface area contributed by atoms with Crippen molar-refractivity contribution in [1.29, 1.82) is 0 Å². The zero-order valence-electron chi connectivity index (χ0n) is 13.6. The molecule has 0 atom stereocenters. The number of carbonyl (C=O) groups is 1. The number of aryl methyl sites for hydroxylation is 1. The van der Waals surface area contributed by atoms with E-state index in [1.807, 2.05) is 19.9 Å². The topological polar surface area (TPSA) is 51.2 Å². The van der Waals surface area contributed by atoms with E-state index in [2.05, 4.69) is 10.3 Å². The van der Waals surface area contributed by atoms with Crippen molar-refractivity contribution in [3.8, 4) is 5.75 Å². The maximum absolute atomic E-state index is 12.2. The number of rotatable bonds is 6. The van der Waals surface area contributed by atoms with Gasteiger partial charge in [-0.15, -0.1) is 0 Å². The molecule has 0 unspecified atom stereocenters. The molecule has 0 aromatic carbocycles. The van der Waals surface area contributed by atoms with Crippen LogP contribution < -0.4 is 10.1 Å². The Morgan fingerprint density at radius 2 is 1.95 bits per heavy atom. The van der Waals surface area contributed by atoms with Gasteiger partial charge >= 0.3 is 0 Å². The van der Waals surface area contributed by atoms with Crippen LogP contribution in [0.2, 0.25) is 0 Å². The summed E-state index contributed by atoms with van der Waals surface area (Å²) in [5, 5.41) is 2.97. The van der Waals surface area contributed by atoms with Crippen LogP contribution in [0.15, 0.2) is 17.8 Å². The summed E-state index contributed by atoms with van der Waals surface area (Å²) >= 11 is 0. The summed E-state index contributed by atoms with van der Waals surface area (Å²) < 4.78 is 5.40. The molecule has 1 aromatic rings. The van der Waals surface area contributed by atoms with Crippen LogP contribution in [0, 0.1) is 25.7 Å². The SMILES string of the molecule is COc1c(C)cnc(CNC(=O)C=C(C2CC2)C2CC2)c1C. The van der Waals surface area contributed by atoms with E-state index in [4.69, 9.17) is 4.74 Å². The molecule has 2 saturated carbocycles. The third-order valence-electron chi connectivity index (χ3n) is 4.58. The zero-order chi connectivity index (χ0) is 15.7. The fraction of sp³-hybridized carbons (Fsp3) is 0.556. The lowest BCUT2D eigenvalue weighted by Crippen LogP contribution is -2.22. The van der Waals surface area contributed by atoms with Gasteiger partial charge in [-0.3, -0.25) is 9.78 Å². The van der Waals surface area contributed by atoms with Crippen molar-refractivity contribution in [2.45, 2.75) is 46.1 Å². The van der Waals surface area contributed by atoms with Crippen molar-refractivity contribution in [2.24, 2.45) is 11.8 Å². The molecule has 3 rings (SSSR count). The lowest BCUT2D eigenvalue weighted by Gasteiger charge is -2.12. The first-order valence-corrected chi connectivity index (χ1v) is 8.08. The normalized spacial score (nSPS) is 17.0. The zero-order valence-corrected chi connectivity index (χ0v) is 13.6. The Hall–Kier alpha value is -1.84. The molecule has 0 saturated heterocycles. The predicted octanol–water partition coefficient (Wildman–Crippen LogP) is 3.07. The Morgan fingerprint density at radius 3 is 2.50 bits per heavy atom. The summed E-state index contributed by atoms with van der Waals surface area (Å²) in [6.07, 6.45) is 8.66. The third-order valence-corrected chi connectivity index (χ3v) is 4.58. The largest absolute Gasteiger partial charge is 0.496 e. The molecule has 0 spiro atoms. The molecule has 0 bridgehead atoms. The number of hydrogen-bond acceptors (Lipinski definition) is 3. The van der Waals surface area contributed by atoms with E-state index in [9.17, 15) is 4.79 Å². The number of aromatic nitrogens is 1. The molecule has 0 radical (unpaired) electrons. The maximum atomic E-state index is 12.2. The maximum Gasteiger partial charge on any atom is 0.244 e. The molecule has 2 aliphatic carbocycles. The summed E-state index contributed by atoms with van der Waals surface area (Å²) in [6.45, 7) is 4.40. The van der Waals surface area contributed by atoms with Gasteiger partial charge in [0.05, 0.1) is 19.3 Å². The van der Waals surface area contributed by atoms with Gasteiger partial charge in [-0.1, -0.05) is 5.57 Å². The summed E-state index contributed by atoms with van der Waals surface area (Å²) in [4.78, 5) is 16.6. The van der Waals surface area contributed by atoms with Gasteiger partial charge in [0.15, 0.2) is 0 Å². The van der Waals surface area contributed by atoms with Crippen molar-refractivity contribution in [1.82, 2.24) is 10.3 Å². The van der Waals surface area contributed by atoms with Crippen molar-refractivity contribution in [3.63, 3.8) is 0 Å². The predicted molar refractivity (Wildman–Crippen MR) is 85.6 cm³/mol. The monoisotopic (exact) mass is 300 g/mol. The fourth-order valence-electron chi connectivity index (χ4n) is 3.02. The van der Waals surface area contributed by atoms with Crippen LogP contribution >= 0.6 is 0 Å². The lowest BCUT2D eigenvalue weighted by atomic mass is 10.1. The highest BCUT2D eigenvalue weighted by atomic mass is 16.5. The van der Waals surface area contributed by atoms with Crippen LogP contribution in [0.3, 0.4) is 0 Å². The van der Waals surface area contributed by atoms with Gasteiger partial charge in [-0.2, -0.15) is 0 Å². The number of amides is 1. The molecule has 118 valence electrons. The second kappa shape index (κ2) is 6.11. The van der Waals surface area contributed by atoms with E-state index in [1.165, 1.54) is 31.3 Å². The van der Waals surface area contributed by atoms with Gasteiger partial charge in [0.25, 0.3) is 0 Å². The number of allylic oxidation sites excluding steroid dienone is 1. The van der Waals surface area contributed by atoms with Crippen molar-refractivity contribution < 1.29 is 9.53 Å². The highest BCUT2D eigenvalue weighted by Gasteiger charge is 2.36. The fourth-order valence-corrected chi connectivity index (χ4v) is 3.02. The van der Waals surface area contributed by atoms with Crippen LogP contribution in [-0.4, -0.2) is 18.0 Å². The molecule has 1 amide bonds. The van der Waals surface area contributed by atoms with Gasteiger partial charge in [0.2, 0.25) is 5.91 Å². The molecule has 1 heterocycles. The summed E-state index contributed by atoms with van der Waals surface area (Å²) in [5.74, 6) is 2.22. The Morgan fingerprint density at radius 1 is 1.32 bits per heavy atom. The number of ether oxygens (including phenoxy) is 1. The smallest absolute Gasteiger partial charge is 0.244 e. The van der Waals surface area contributed by atoms with E-state index >= 15 is 0 Å². The first-order valence-electron chi connectivity index (χ1n) is 8.08. The Balaban J connectivity index is 1.65. The Labute approximate surface area is 132 Å². The van der Waals surface area contributed by atoms with Gasteiger partial charge in [0.1, 0.15) is 5.75 Å². The Bertz CT molecular complexity index is 600. The molecule has 0 aliphatic heterocycles. The second-order valence-corrected chi connectivity index (χ2v) is 6.46. The minimum absolute atomic E-state index is 0.00884. The molecule has 4 nitrogen and oxygen atoms in total. The minimum Gasteiger partial charge on any atom is -0.496 e. The first-order chi connectivity index (χ1) is 10.6. The molecule has 2 aliphatic rings. The van der Waals surface area contributed by atoms with Crippen molar-refractivity contribution in [3.05, 3.63) is 34.7 Å². The number of nitrogens with zero attached hydrogens (tertiary/aromatic N) is 1. The molecule has 22 heavy (non-hydrogen) atoms. The number of pyridine rings is 1. The lowest BCUT2D eigenvalue weighted by molar-refractivity contribution is -0.116. The molecule has 1 aromatic heterocycles. The molecular weight excluding hydrogens is 276 g/mol. The average molecular weight is 300 g/mol. The third kappa shape index (κ3) is 3.32. The number of carbonyl (C=O) groups excluding carboxylic acids is 1. The van der Waals surface area contributed by atoms with Crippen LogP contribution in [0.4, 0.5) is 0 Å². The molecule has 4 heteroatoms. The second-order valence-electron chi connectivity index (χ2n) is 6.46. The van der Waals surface area contributed by atoms with E-state index in [0.29, 0.717) is 18.4 Å². The number of nitrogens with one attached hydrogen (secondary N) is 1. The van der Waals surface area contributed by atoms with E-state index in [1.54, 1.807) is 13.3 Å². The highest BCUT2D eigenvalue weighted by Crippen LogP contribution is 2.48. The summed E-state index contributed by atoms with van der Waals surface area (Å²) in [5.41, 5.74) is 4.25. The van der Waals surface area contributed by atoms with Gasteiger partial charge < -0.3 is 10.1 Å². The van der Waals surface area contributed by atoms with E-state index in [0.717, 1.165) is 22.6 Å². The van der Waals surface area contributed by atoms with E-state index in [-0.39, 0.29) is 5.91 Å². The van der Waals surface area contributed by atoms with Gasteiger partial charge in [-0.25, -0.2) is 0 Å². The quantitative estimate of drug-likeness (QED) is 0.821.